The van der Waals surface area contributed by atoms with Crippen LogP contribution < -0.4 is 4.74 Å². The molecule has 0 radical (unpaired) electrons. The van der Waals surface area contributed by atoms with Gasteiger partial charge in [-0.1, -0.05) is 12.1 Å². The number of hydrogen-bond donors (Lipinski definition) is 0. The van der Waals surface area contributed by atoms with Crippen LogP contribution >= 0.6 is 11.6 Å². The van der Waals surface area contributed by atoms with Crippen LogP contribution in [0.3, 0.4) is 0 Å². The first kappa shape index (κ1) is 17.3. The van der Waals surface area contributed by atoms with Crippen LogP contribution in [0, 0.1) is 0 Å². The third-order valence-corrected chi connectivity index (χ3v) is 4.92. The number of ether oxygens (including phenoxy) is 1. The lowest BCUT2D eigenvalue weighted by Crippen LogP contribution is -2.40. The molecule has 1 aliphatic rings. The monoisotopic (exact) mass is 338 g/mol. The molecule has 0 bridgehead atoms. The number of hydrogen-bond acceptors (Lipinski definition) is 3. The van der Waals surface area contributed by atoms with Gasteiger partial charge in [0.1, 0.15) is 5.75 Å². The number of halogens is 1. The first-order valence-corrected chi connectivity index (χ1v) is 11.4. The van der Waals surface area contributed by atoms with Gasteiger partial charge in [0.2, 0.25) is 0 Å². The van der Waals surface area contributed by atoms with Gasteiger partial charge >= 0.3 is 0 Å². The zero-order chi connectivity index (χ0) is 16.3. The summed E-state index contributed by atoms with van der Waals surface area (Å²) < 4.78 is 11.4. The number of methoxy groups -OCH3 is 1. The molecule has 1 aromatic carbocycles. The molecule has 0 N–H and O–H groups in total. The molecule has 120 valence electrons. The fraction of sp³-hybridized carbons (Fsp3) is 0.471. The van der Waals surface area contributed by atoms with E-state index >= 15 is 0 Å². The van der Waals surface area contributed by atoms with Gasteiger partial charge in [-0.15, -0.1) is 11.6 Å². The molecule has 0 amide bonds. The molecule has 1 fully saturated rings. The SMILES string of the molecule is COc1cccc(C=C2C(=O)C(Cl)CCC2O[Si](C)(C)C)c1. The molecule has 2 unspecified atom stereocenters. The van der Waals surface area contributed by atoms with Crippen molar-refractivity contribution in [2.75, 3.05) is 7.11 Å². The van der Waals surface area contributed by atoms with Gasteiger partial charge < -0.3 is 9.16 Å². The molecule has 22 heavy (non-hydrogen) atoms. The van der Waals surface area contributed by atoms with Crippen LogP contribution in [0.15, 0.2) is 29.8 Å². The lowest BCUT2D eigenvalue weighted by atomic mass is 9.89. The van der Waals surface area contributed by atoms with Crippen molar-refractivity contribution >= 4 is 31.8 Å². The third-order valence-electron chi connectivity index (χ3n) is 3.51. The first-order chi connectivity index (χ1) is 10.3. The average Bonchev–Trinajstić information content (AvgIpc) is 2.46. The van der Waals surface area contributed by atoms with E-state index in [4.69, 9.17) is 20.8 Å². The number of carbonyl (C=O) groups is 1. The van der Waals surface area contributed by atoms with E-state index in [1.54, 1.807) is 7.11 Å². The maximum atomic E-state index is 12.5. The van der Waals surface area contributed by atoms with Gasteiger partial charge in [0.15, 0.2) is 14.1 Å². The minimum Gasteiger partial charge on any atom is -0.497 e. The van der Waals surface area contributed by atoms with Crippen molar-refractivity contribution in [3.63, 3.8) is 0 Å². The molecular formula is C17H23ClO3Si. The molecule has 1 aromatic rings. The Labute approximate surface area is 138 Å². The van der Waals surface area contributed by atoms with Crippen LogP contribution in [0.4, 0.5) is 0 Å². The van der Waals surface area contributed by atoms with E-state index in [-0.39, 0.29) is 11.9 Å². The van der Waals surface area contributed by atoms with Crippen molar-refractivity contribution < 1.29 is 14.0 Å². The smallest absolute Gasteiger partial charge is 0.184 e. The Morgan fingerprint density at radius 1 is 1.27 bits per heavy atom. The largest absolute Gasteiger partial charge is 0.497 e. The summed E-state index contributed by atoms with van der Waals surface area (Å²) in [4.78, 5) is 12.5. The minimum atomic E-state index is -1.73. The van der Waals surface area contributed by atoms with Crippen molar-refractivity contribution in [3.8, 4) is 5.75 Å². The molecule has 0 aromatic heterocycles. The van der Waals surface area contributed by atoms with Crippen LogP contribution in [0.5, 0.6) is 5.75 Å². The highest BCUT2D eigenvalue weighted by Crippen LogP contribution is 2.31. The van der Waals surface area contributed by atoms with Gasteiger partial charge in [-0.25, -0.2) is 0 Å². The zero-order valence-electron chi connectivity index (χ0n) is 13.6. The van der Waals surface area contributed by atoms with Gasteiger partial charge in [0, 0.05) is 5.57 Å². The molecule has 0 heterocycles. The van der Waals surface area contributed by atoms with Gasteiger partial charge in [0.25, 0.3) is 0 Å². The molecule has 0 spiro atoms. The lowest BCUT2D eigenvalue weighted by Gasteiger charge is -2.32. The summed E-state index contributed by atoms with van der Waals surface area (Å²) in [6.45, 7) is 6.40. The molecule has 0 aliphatic heterocycles. The second kappa shape index (κ2) is 6.98. The Kier molecular flexibility index (Phi) is 5.48. The predicted octanol–water partition coefficient (Wildman–Crippen LogP) is 4.27. The first-order valence-electron chi connectivity index (χ1n) is 7.52. The number of carbonyl (C=O) groups excluding carboxylic acids is 1. The van der Waals surface area contributed by atoms with E-state index in [9.17, 15) is 4.79 Å². The van der Waals surface area contributed by atoms with Gasteiger partial charge in [-0.3, -0.25) is 4.79 Å². The van der Waals surface area contributed by atoms with Crippen LogP contribution in [0.1, 0.15) is 18.4 Å². The number of Topliss-reactive ketones (excluding diaryl/α,β-unsaturated/α-hetero) is 1. The van der Waals surface area contributed by atoms with E-state index in [1.165, 1.54) is 0 Å². The Bertz CT molecular complexity index is 578. The van der Waals surface area contributed by atoms with Crippen molar-refractivity contribution in [1.29, 1.82) is 0 Å². The van der Waals surface area contributed by atoms with E-state index < -0.39 is 13.7 Å². The summed E-state index contributed by atoms with van der Waals surface area (Å²) in [6.07, 6.45) is 3.20. The van der Waals surface area contributed by atoms with Gasteiger partial charge in [0.05, 0.1) is 18.6 Å². The molecule has 2 rings (SSSR count). The standard InChI is InChI=1S/C17H23ClO3Si/c1-20-13-7-5-6-12(10-13)11-14-16(21-22(2,3)4)9-8-15(18)17(14)19/h5-7,10-11,15-16H,8-9H2,1-4H3. The number of alkyl halides is 1. The van der Waals surface area contributed by atoms with E-state index in [2.05, 4.69) is 19.6 Å². The van der Waals surface area contributed by atoms with Gasteiger partial charge in [-0.2, -0.15) is 0 Å². The summed E-state index contributed by atoms with van der Waals surface area (Å²) in [5.74, 6) is 0.752. The summed E-state index contributed by atoms with van der Waals surface area (Å²) in [6, 6.07) is 7.64. The van der Waals surface area contributed by atoms with Crippen LogP contribution in [-0.4, -0.2) is 32.7 Å². The third kappa shape index (κ3) is 4.45. The Balaban J connectivity index is 2.35. The molecular weight excluding hydrogens is 316 g/mol. The summed E-state index contributed by atoms with van der Waals surface area (Å²) >= 11 is 6.16. The van der Waals surface area contributed by atoms with E-state index in [0.717, 1.165) is 17.7 Å². The quantitative estimate of drug-likeness (QED) is 0.467. The van der Waals surface area contributed by atoms with E-state index in [1.807, 2.05) is 30.3 Å². The van der Waals surface area contributed by atoms with Crippen molar-refractivity contribution in [2.24, 2.45) is 0 Å². The summed E-state index contributed by atoms with van der Waals surface area (Å²) in [7, 11) is -0.105. The second-order valence-corrected chi connectivity index (χ2v) is 11.5. The molecule has 5 heteroatoms. The highest BCUT2D eigenvalue weighted by Gasteiger charge is 2.35. The Morgan fingerprint density at radius 2 is 2.00 bits per heavy atom. The fourth-order valence-corrected chi connectivity index (χ4v) is 3.90. The highest BCUT2D eigenvalue weighted by molar-refractivity contribution is 6.69. The zero-order valence-corrected chi connectivity index (χ0v) is 15.3. The van der Waals surface area contributed by atoms with Crippen molar-refractivity contribution in [2.45, 2.75) is 44.0 Å². The predicted molar refractivity (Wildman–Crippen MR) is 93.1 cm³/mol. The Morgan fingerprint density at radius 3 is 2.64 bits per heavy atom. The molecule has 0 saturated heterocycles. The molecule has 2 atom stereocenters. The average molecular weight is 339 g/mol. The number of benzene rings is 1. The Hall–Kier alpha value is -1.10. The molecule has 1 aliphatic carbocycles. The fourth-order valence-electron chi connectivity index (χ4n) is 2.55. The topological polar surface area (TPSA) is 35.5 Å². The van der Waals surface area contributed by atoms with Gasteiger partial charge in [-0.05, 0) is 56.3 Å². The van der Waals surface area contributed by atoms with Crippen LogP contribution in [0.2, 0.25) is 19.6 Å². The van der Waals surface area contributed by atoms with Crippen molar-refractivity contribution in [1.82, 2.24) is 0 Å². The van der Waals surface area contributed by atoms with E-state index in [0.29, 0.717) is 12.0 Å². The number of rotatable bonds is 4. The summed E-state index contributed by atoms with van der Waals surface area (Å²) in [5.41, 5.74) is 1.61. The summed E-state index contributed by atoms with van der Waals surface area (Å²) in [5, 5.41) is -0.446. The molecule has 1 saturated carbocycles. The maximum absolute atomic E-state index is 12.5. The maximum Gasteiger partial charge on any atom is 0.184 e. The number of ketones is 1. The minimum absolute atomic E-state index is 0.0148. The normalized spacial score (nSPS) is 24.6. The second-order valence-electron chi connectivity index (χ2n) is 6.50. The highest BCUT2D eigenvalue weighted by atomic mass is 35.5. The van der Waals surface area contributed by atoms with Crippen LogP contribution in [0.25, 0.3) is 6.08 Å². The van der Waals surface area contributed by atoms with Crippen LogP contribution in [-0.2, 0) is 9.22 Å². The van der Waals surface area contributed by atoms with Crippen molar-refractivity contribution in [3.05, 3.63) is 35.4 Å². The molecule has 3 nitrogen and oxygen atoms in total. The lowest BCUT2D eigenvalue weighted by molar-refractivity contribution is -0.117.